The Hall–Kier alpha value is -0.960. The number of aromatic amines is 1. The highest BCUT2D eigenvalue weighted by molar-refractivity contribution is 8.70. The third kappa shape index (κ3) is 2.49. The first-order valence-electron chi connectivity index (χ1n) is 4.76. The number of ether oxygens (including phenoxy) is 1. The summed E-state index contributed by atoms with van der Waals surface area (Å²) in [7, 11) is 1.14. The second-order valence-corrected chi connectivity index (χ2v) is 4.59. The first-order chi connectivity index (χ1) is 8.15. The van der Waals surface area contributed by atoms with Gasteiger partial charge < -0.3 is 9.84 Å². The molecule has 2 atom stereocenters. The highest BCUT2D eigenvalue weighted by Gasteiger charge is 2.28. The van der Waals surface area contributed by atoms with Gasteiger partial charge in [-0.05, 0) is 6.08 Å². The van der Waals surface area contributed by atoms with Gasteiger partial charge in [0, 0.05) is 17.2 Å². The van der Waals surface area contributed by atoms with Crippen LogP contribution in [0.2, 0.25) is 0 Å². The van der Waals surface area contributed by atoms with Gasteiger partial charge >= 0.3 is 5.69 Å². The first kappa shape index (κ1) is 12.5. The molecule has 0 aliphatic carbocycles. The zero-order valence-corrected chi connectivity index (χ0v) is 10.3. The fraction of sp³-hybridized carbons (Fsp3) is 0.333. The highest BCUT2D eigenvalue weighted by atomic mass is 33.1. The van der Waals surface area contributed by atoms with Crippen molar-refractivity contribution in [2.45, 2.75) is 12.3 Å². The van der Waals surface area contributed by atoms with Crippen LogP contribution in [0.1, 0.15) is 6.23 Å². The van der Waals surface area contributed by atoms with Crippen molar-refractivity contribution in [2.75, 3.05) is 6.61 Å². The van der Waals surface area contributed by atoms with Crippen molar-refractivity contribution in [2.24, 2.45) is 0 Å². The van der Waals surface area contributed by atoms with Gasteiger partial charge in [0.2, 0.25) is 0 Å². The van der Waals surface area contributed by atoms with Crippen LogP contribution in [0.5, 0.6) is 0 Å². The molecule has 0 amide bonds. The molecule has 2 rings (SSSR count). The molecule has 0 saturated carbocycles. The zero-order valence-electron chi connectivity index (χ0n) is 8.57. The van der Waals surface area contributed by atoms with Crippen molar-refractivity contribution < 1.29 is 9.84 Å². The summed E-state index contributed by atoms with van der Waals surface area (Å²) in [5, 5.41) is 9.01. The number of hydrogen-bond acceptors (Lipinski definition) is 6. The number of nitrogens with one attached hydrogen (secondary N) is 1. The lowest BCUT2D eigenvalue weighted by Crippen LogP contribution is -2.32. The van der Waals surface area contributed by atoms with E-state index in [1.165, 1.54) is 16.8 Å². The van der Waals surface area contributed by atoms with Crippen LogP contribution >= 0.6 is 22.5 Å². The number of nitrogens with zero attached hydrogens (tertiary/aromatic N) is 1. The van der Waals surface area contributed by atoms with Crippen molar-refractivity contribution in [1.82, 2.24) is 9.55 Å². The summed E-state index contributed by atoms with van der Waals surface area (Å²) in [5.74, 6) is 0. The number of aliphatic hydroxyl groups excluding tert-OH is 1. The molecule has 2 heterocycles. The van der Waals surface area contributed by atoms with E-state index in [-0.39, 0.29) is 6.61 Å². The average molecular weight is 274 g/mol. The van der Waals surface area contributed by atoms with Gasteiger partial charge in [0.1, 0.15) is 6.10 Å². The van der Waals surface area contributed by atoms with Gasteiger partial charge in [0.15, 0.2) is 6.23 Å². The summed E-state index contributed by atoms with van der Waals surface area (Å²) in [4.78, 5) is 25.4. The van der Waals surface area contributed by atoms with Crippen LogP contribution in [0.4, 0.5) is 0 Å². The molecule has 17 heavy (non-hydrogen) atoms. The monoisotopic (exact) mass is 274 g/mol. The van der Waals surface area contributed by atoms with Gasteiger partial charge in [-0.1, -0.05) is 10.8 Å². The quantitative estimate of drug-likeness (QED) is 0.529. The maximum absolute atomic E-state index is 11.6. The van der Waals surface area contributed by atoms with E-state index in [1.54, 1.807) is 6.08 Å². The van der Waals surface area contributed by atoms with Crippen LogP contribution in [-0.4, -0.2) is 27.4 Å². The second-order valence-electron chi connectivity index (χ2n) is 3.39. The normalized spacial score (nSPS) is 23.8. The third-order valence-corrected chi connectivity index (χ3v) is 3.47. The van der Waals surface area contributed by atoms with E-state index in [2.05, 4.69) is 16.6 Å². The van der Waals surface area contributed by atoms with Gasteiger partial charge in [0.25, 0.3) is 5.56 Å². The van der Waals surface area contributed by atoms with Gasteiger partial charge in [-0.25, -0.2) is 4.79 Å². The molecular weight excluding hydrogens is 264 g/mol. The molecule has 8 heteroatoms. The minimum Gasteiger partial charge on any atom is -0.393 e. The van der Waals surface area contributed by atoms with E-state index in [9.17, 15) is 9.59 Å². The molecule has 0 aromatic carbocycles. The summed E-state index contributed by atoms with van der Waals surface area (Å²) in [6.07, 6.45) is 1.93. The summed E-state index contributed by atoms with van der Waals surface area (Å²) in [5.41, 5.74) is -1.03. The molecule has 2 N–H and O–H groups in total. The van der Waals surface area contributed by atoms with Crippen molar-refractivity contribution in [3.63, 3.8) is 0 Å². The standard InChI is InChI=1S/C9H10N2O4S2/c12-4-5-3-6(17-16)8(15-5)11-2-1-7(13)10-9(11)14/h1-3,5,8,12,16H,4H2,(H,10,13,14)/t5-,8-/m0/s1. The van der Waals surface area contributed by atoms with E-state index < -0.39 is 23.6 Å². The van der Waals surface area contributed by atoms with Crippen LogP contribution in [0.15, 0.2) is 32.8 Å². The number of rotatable bonds is 3. The lowest BCUT2D eigenvalue weighted by Gasteiger charge is -2.16. The molecule has 0 spiro atoms. The molecule has 1 aliphatic heterocycles. The molecule has 0 saturated heterocycles. The topological polar surface area (TPSA) is 84.3 Å². The predicted molar refractivity (Wildman–Crippen MR) is 67.0 cm³/mol. The summed E-state index contributed by atoms with van der Waals surface area (Å²) in [6, 6.07) is 1.23. The van der Waals surface area contributed by atoms with Crippen LogP contribution in [0.3, 0.4) is 0 Å². The fourth-order valence-electron chi connectivity index (χ4n) is 1.52. The maximum Gasteiger partial charge on any atom is 0.330 e. The Balaban J connectivity index is 2.38. The highest BCUT2D eigenvalue weighted by Crippen LogP contribution is 2.37. The second kappa shape index (κ2) is 5.13. The molecule has 6 nitrogen and oxygen atoms in total. The van der Waals surface area contributed by atoms with Crippen molar-refractivity contribution >= 4 is 22.5 Å². The minimum absolute atomic E-state index is 0.174. The van der Waals surface area contributed by atoms with E-state index in [4.69, 9.17) is 9.84 Å². The van der Waals surface area contributed by atoms with Crippen LogP contribution in [-0.2, 0) is 4.74 Å². The molecule has 0 fully saturated rings. The van der Waals surface area contributed by atoms with Gasteiger partial charge in [-0.15, -0.1) is 11.7 Å². The predicted octanol–water partition coefficient (Wildman–Crippen LogP) is -0.112. The molecule has 1 aromatic rings. The largest absolute Gasteiger partial charge is 0.393 e. The van der Waals surface area contributed by atoms with Gasteiger partial charge in [-0.2, -0.15) is 0 Å². The zero-order chi connectivity index (χ0) is 12.4. The van der Waals surface area contributed by atoms with Crippen LogP contribution in [0.25, 0.3) is 0 Å². The van der Waals surface area contributed by atoms with Crippen LogP contribution < -0.4 is 11.2 Å². The Morgan fingerprint density at radius 2 is 2.35 bits per heavy atom. The number of thiol groups is 1. The Bertz CT molecular complexity index is 550. The van der Waals surface area contributed by atoms with E-state index in [1.807, 2.05) is 0 Å². The number of aromatic nitrogens is 2. The first-order valence-corrected chi connectivity index (χ1v) is 6.63. The lowest BCUT2D eigenvalue weighted by molar-refractivity contribution is -0.0115. The SMILES string of the molecule is O=c1ccn([C@H]2O[C@H](CO)C=C2SS)c(=O)[nH]1. The van der Waals surface area contributed by atoms with Crippen molar-refractivity contribution in [3.05, 3.63) is 44.1 Å². The van der Waals surface area contributed by atoms with Crippen LogP contribution in [0, 0.1) is 0 Å². The summed E-state index contributed by atoms with van der Waals surface area (Å²) >= 11 is 4.06. The fourth-order valence-corrected chi connectivity index (χ4v) is 2.45. The van der Waals surface area contributed by atoms with Crippen molar-refractivity contribution in [1.29, 1.82) is 0 Å². The summed E-state index contributed by atoms with van der Waals surface area (Å²) < 4.78 is 6.69. The molecule has 0 bridgehead atoms. The Morgan fingerprint density at radius 1 is 1.59 bits per heavy atom. The number of H-pyrrole nitrogens is 1. The number of aliphatic hydroxyl groups is 1. The number of hydrogen-bond donors (Lipinski definition) is 3. The Morgan fingerprint density at radius 3 is 2.94 bits per heavy atom. The van der Waals surface area contributed by atoms with E-state index >= 15 is 0 Å². The van der Waals surface area contributed by atoms with Crippen molar-refractivity contribution in [3.8, 4) is 0 Å². The maximum atomic E-state index is 11.6. The smallest absolute Gasteiger partial charge is 0.330 e. The molecule has 0 unspecified atom stereocenters. The molecule has 1 aliphatic rings. The Labute approximate surface area is 105 Å². The molecular formula is C9H10N2O4S2. The third-order valence-electron chi connectivity index (χ3n) is 2.29. The molecule has 0 radical (unpaired) electrons. The lowest BCUT2D eigenvalue weighted by atomic mass is 10.4. The van der Waals surface area contributed by atoms with Gasteiger partial charge in [0.05, 0.1) is 6.61 Å². The van der Waals surface area contributed by atoms with E-state index in [0.29, 0.717) is 4.91 Å². The van der Waals surface area contributed by atoms with Gasteiger partial charge in [-0.3, -0.25) is 14.3 Å². The molecule has 92 valence electrons. The van der Waals surface area contributed by atoms with E-state index in [0.717, 1.165) is 10.8 Å². The molecule has 1 aromatic heterocycles. The minimum atomic E-state index is -0.654. The average Bonchev–Trinajstić information content (AvgIpc) is 2.72. The Kier molecular flexibility index (Phi) is 3.77. The summed E-state index contributed by atoms with van der Waals surface area (Å²) in [6.45, 7) is -0.174.